The number of hydrogen-bond acceptors (Lipinski definition) is 1. The molecule has 2 rings (SSSR count). The van der Waals surface area contributed by atoms with E-state index < -0.39 is 0 Å². The molecular formula is C10H16Cl2S. The van der Waals surface area contributed by atoms with E-state index >= 15 is 0 Å². The predicted octanol–water partition coefficient (Wildman–Crippen LogP) is 3.90. The zero-order valence-corrected chi connectivity index (χ0v) is 10.0. The average Bonchev–Trinajstić information content (AvgIpc) is 2.87. The van der Waals surface area contributed by atoms with Crippen molar-refractivity contribution in [2.24, 2.45) is 5.92 Å². The van der Waals surface area contributed by atoms with Crippen LogP contribution in [-0.4, -0.2) is 21.8 Å². The highest BCUT2D eigenvalue weighted by atomic mass is 35.5. The highest BCUT2D eigenvalue weighted by Gasteiger charge is 2.32. The van der Waals surface area contributed by atoms with Gasteiger partial charge in [0.15, 0.2) is 0 Å². The van der Waals surface area contributed by atoms with Gasteiger partial charge in [0.25, 0.3) is 0 Å². The Labute approximate surface area is 94.7 Å². The van der Waals surface area contributed by atoms with Crippen LogP contribution < -0.4 is 0 Å². The van der Waals surface area contributed by atoms with Gasteiger partial charge in [-0.15, -0.1) is 23.2 Å². The van der Waals surface area contributed by atoms with Gasteiger partial charge in [-0.05, 0) is 31.4 Å². The maximum Gasteiger partial charge on any atom is 0.0386 e. The van der Waals surface area contributed by atoms with E-state index in [1.807, 2.05) is 0 Å². The summed E-state index contributed by atoms with van der Waals surface area (Å²) < 4.78 is 0. The fourth-order valence-corrected chi connectivity index (χ4v) is 4.41. The van der Waals surface area contributed by atoms with Crippen molar-refractivity contribution in [1.29, 1.82) is 0 Å². The first kappa shape index (κ1) is 10.4. The monoisotopic (exact) mass is 238 g/mol. The Morgan fingerprint density at radius 2 is 1.62 bits per heavy atom. The second kappa shape index (κ2) is 4.63. The van der Waals surface area contributed by atoms with Gasteiger partial charge in [0, 0.05) is 21.9 Å². The van der Waals surface area contributed by atoms with Crippen LogP contribution in [-0.2, 0) is 0 Å². The van der Waals surface area contributed by atoms with Crippen LogP contribution in [0.5, 0.6) is 0 Å². The molecule has 2 fully saturated rings. The Bertz CT molecular complexity index is 160. The molecule has 76 valence electrons. The van der Waals surface area contributed by atoms with Crippen LogP contribution in [0.2, 0.25) is 0 Å². The Hall–Kier alpha value is 0.930. The molecule has 3 heteroatoms. The van der Waals surface area contributed by atoms with Gasteiger partial charge in [0.1, 0.15) is 0 Å². The summed E-state index contributed by atoms with van der Waals surface area (Å²) in [4.78, 5) is 0. The number of alkyl halides is 2. The maximum absolute atomic E-state index is 6.28. The number of halogens is 2. The van der Waals surface area contributed by atoms with Crippen molar-refractivity contribution in [3.63, 3.8) is 0 Å². The largest absolute Gasteiger partial charge is 0.158 e. The fourth-order valence-electron chi connectivity index (χ4n) is 1.85. The van der Waals surface area contributed by atoms with Gasteiger partial charge in [0.2, 0.25) is 0 Å². The fraction of sp³-hybridized carbons (Fsp3) is 1.00. The van der Waals surface area contributed by atoms with Crippen molar-refractivity contribution in [3.8, 4) is 0 Å². The third kappa shape index (κ3) is 2.94. The van der Waals surface area contributed by atoms with Crippen LogP contribution in [0.4, 0.5) is 0 Å². The van der Waals surface area contributed by atoms with Crippen LogP contribution in [0.25, 0.3) is 0 Å². The normalized spacial score (nSPS) is 40.6. The summed E-state index contributed by atoms with van der Waals surface area (Å²) in [5.41, 5.74) is 0. The first-order valence-electron chi connectivity index (χ1n) is 5.17. The average molecular weight is 239 g/mol. The summed E-state index contributed by atoms with van der Waals surface area (Å²) in [7, 11) is 0. The predicted molar refractivity (Wildman–Crippen MR) is 62.1 cm³/mol. The van der Waals surface area contributed by atoms with Gasteiger partial charge in [-0.1, -0.05) is 6.42 Å². The van der Waals surface area contributed by atoms with E-state index in [1.54, 1.807) is 0 Å². The molecule has 2 unspecified atom stereocenters. The standard InChI is InChI=1S/C10H16Cl2S/c11-9-2-1-3-10(12)8(9)6-13-7-4-5-7/h7-10H,1-6H2. The van der Waals surface area contributed by atoms with Gasteiger partial charge in [-0.25, -0.2) is 0 Å². The third-order valence-corrected chi connectivity index (χ3v) is 5.54. The minimum Gasteiger partial charge on any atom is -0.158 e. The molecule has 0 N–H and O–H groups in total. The molecule has 2 aliphatic carbocycles. The SMILES string of the molecule is ClC1CCCC(Cl)C1CSC1CC1. The van der Waals surface area contributed by atoms with Gasteiger partial charge in [-0.3, -0.25) is 0 Å². The summed E-state index contributed by atoms with van der Waals surface area (Å²) in [6.45, 7) is 0. The molecule has 0 nitrogen and oxygen atoms in total. The third-order valence-electron chi connectivity index (χ3n) is 2.94. The number of rotatable bonds is 3. The molecule has 2 aliphatic rings. The molecule has 13 heavy (non-hydrogen) atoms. The zero-order chi connectivity index (χ0) is 9.26. The topological polar surface area (TPSA) is 0 Å². The minimum absolute atomic E-state index is 0.336. The molecule has 0 aliphatic heterocycles. The summed E-state index contributed by atoms with van der Waals surface area (Å²) in [5.74, 6) is 1.75. The van der Waals surface area contributed by atoms with Crippen LogP contribution in [0.1, 0.15) is 32.1 Å². The summed E-state index contributed by atoms with van der Waals surface area (Å²) in [6, 6.07) is 0. The molecule has 0 heterocycles. The molecule has 0 aromatic heterocycles. The van der Waals surface area contributed by atoms with Gasteiger partial charge in [0.05, 0.1) is 0 Å². The van der Waals surface area contributed by atoms with Crippen LogP contribution >= 0.6 is 35.0 Å². The lowest BCUT2D eigenvalue weighted by Crippen LogP contribution is -2.31. The van der Waals surface area contributed by atoms with Gasteiger partial charge in [-0.2, -0.15) is 11.8 Å². The van der Waals surface area contributed by atoms with Crippen molar-refractivity contribution in [2.75, 3.05) is 5.75 Å². The molecule has 0 bridgehead atoms. The smallest absolute Gasteiger partial charge is 0.0386 e. The molecule has 0 spiro atoms. The maximum atomic E-state index is 6.28. The molecule has 0 saturated heterocycles. The zero-order valence-electron chi connectivity index (χ0n) is 7.72. The van der Waals surface area contributed by atoms with Crippen molar-refractivity contribution < 1.29 is 0 Å². The highest BCUT2D eigenvalue weighted by Crippen LogP contribution is 2.40. The quantitative estimate of drug-likeness (QED) is 0.673. The molecule has 2 saturated carbocycles. The Balaban J connectivity index is 1.78. The minimum atomic E-state index is 0.336. The van der Waals surface area contributed by atoms with E-state index in [1.165, 1.54) is 37.9 Å². The molecule has 0 aromatic rings. The van der Waals surface area contributed by atoms with E-state index in [0.29, 0.717) is 16.7 Å². The summed E-state index contributed by atoms with van der Waals surface area (Å²) >= 11 is 14.7. The van der Waals surface area contributed by atoms with Crippen LogP contribution in [0.3, 0.4) is 0 Å². The van der Waals surface area contributed by atoms with Crippen molar-refractivity contribution >= 4 is 35.0 Å². The van der Waals surface area contributed by atoms with E-state index in [4.69, 9.17) is 23.2 Å². The first-order chi connectivity index (χ1) is 6.27. The molecule has 2 atom stereocenters. The number of thioether (sulfide) groups is 1. The van der Waals surface area contributed by atoms with E-state index in [-0.39, 0.29) is 0 Å². The Kier molecular flexibility index (Phi) is 3.72. The molecule has 0 aromatic carbocycles. The molecule has 0 radical (unpaired) electrons. The first-order valence-corrected chi connectivity index (χ1v) is 7.09. The lowest BCUT2D eigenvalue weighted by molar-refractivity contribution is 0.405. The lowest BCUT2D eigenvalue weighted by Gasteiger charge is -2.31. The Morgan fingerprint density at radius 1 is 1.00 bits per heavy atom. The van der Waals surface area contributed by atoms with E-state index in [2.05, 4.69) is 11.8 Å². The van der Waals surface area contributed by atoms with Crippen LogP contribution in [0, 0.1) is 5.92 Å². The van der Waals surface area contributed by atoms with Crippen LogP contribution in [0.15, 0.2) is 0 Å². The van der Waals surface area contributed by atoms with E-state index in [9.17, 15) is 0 Å². The van der Waals surface area contributed by atoms with E-state index in [0.717, 1.165) is 5.25 Å². The molecule has 0 amide bonds. The van der Waals surface area contributed by atoms with Gasteiger partial charge < -0.3 is 0 Å². The molecular weight excluding hydrogens is 223 g/mol. The lowest BCUT2D eigenvalue weighted by atomic mass is 9.90. The summed E-state index contributed by atoms with van der Waals surface area (Å²) in [6.07, 6.45) is 6.38. The number of hydrogen-bond donors (Lipinski definition) is 0. The highest BCUT2D eigenvalue weighted by molar-refractivity contribution is 8.00. The van der Waals surface area contributed by atoms with Crippen molar-refractivity contribution in [2.45, 2.75) is 48.1 Å². The second-order valence-corrected chi connectivity index (χ2v) is 6.61. The second-order valence-electron chi connectivity index (χ2n) is 4.16. The van der Waals surface area contributed by atoms with Crippen molar-refractivity contribution in [1.82, 2.24) is 0 Å². The Morgan fingerprint density at radius 3 is 2.15 bits per heavy atom. The van der Waals surface area contributed by atoms with Crippen molar-refractivity contribution in [3.05, 3.63) is 0 Å². The summed E-state index contributed by atoms with van der Waals surface area (Å²) in [5, 5.41) is 1.61. The van der Waals surface area contributed by atoms with Gasteiger partial charge >= 0.3 is 0 Å².